The highest BCUT2D eigenvalue weighted by molar-refractivity contribution is 5.68. The SMILES string of the molecule is CCC1=CC(C)(C)C=NN1. The zero-order valence-corrected chi connectivity index (χ0v) is 6.81. The van der Waals surface area contributed by atoms with Crippen molar-refractivity contribution >= 4 is 6.21 Å². The molecule has 0 saturated carbocycles. The zero-order valence-electron chi connectivity index (χ0n) is 6.81. The number of nitrogens with one attached hydrogen (secondary N) is 1. The maximum atomic E-state index is 4.04. The highest BCUT2D eigenvalue weighted by atomic mass is 15.3. The average molecular weight is 138 g/mol. The second-order valence-electron chi connectivity index (χ2n) is 3.21. The Labute approximate surface area is 62.0 Å². The predicted octanol–water partition coefficient (Wildman–Crippen LogP) is 1.90. The molecule has 2 heteroatoms. The Morgan fingerprint density at radius 3 is 2.70 bits per heavy atom. The first kappa shape index (κ1) is 7.32. The fraction of sp³-hybridized carbons (Fsp3) is 0.625. The van der Waals surface area contributed by atoms with E-state index in [9.17, 15) is 0 Å². The lowest BCUT2D eigenvalue weighted by molar-refractivity contribution is 0.632. The molecule has 2 nitrogen and oxygen atoms in total. The summed E-state index contributed by atoms with van der Waals surface area (Å²) >= 11 is 0. The third-order valence-corrected chi connectivity index (χ3v) is 1.53. The Morgan fingerprint density at radius 2 is 2.30 bits per heavy atom. The lowest BCUT2D eigenvalue weighted by Crippen LogP contribution is -2.21. The van der Waals surface area contributed by atoms with Crippen molar-refractivity contribution < 1.29 is 0 Å². The van der Waals surface area contributed by atoms with Crippen LogP contribution < -0.4 is 5.43 Å². The molecule has 0 aromatic carbocycles. The van der Waals surface area contributed by atoms with Crippen molar-refractivity contribution in [3.05, 3.63) is 11.8 Å². The molecule has 1 heterocycles. The summed E-state index contributed by atoms with van der Waals surface area (Å²) in [5.74, 6) is 0. The van der Waals surface area contributed by atoms with Gasteiger partial charge in [0.05, 0.1) is 0 Å². The van der Waals surface area contributed by atoms with Crippen molar-refractivity contribution in [3.63, 3.8) is 0 Å². The van der Waals surface area contributed by atoms with E-state index in [0.29, 0.717) is 0 Å². The van der Waals surface area contributed by atoms with Gasteiger partial charge in [0, 0.05) is 17.3 Å². The third-order valence-electron chi connectivity index (χ3n) is 1.53. The lowest BCUT2D eigenvalue weighted by Gasteiger charge is -2.20. The molecule has 0 amide bonds. The number of rotatable bonds is 1. The van der Waals surface area contributed by atoms with Crippen LogP contribution in [-0.4, -0.2) is 6.21 Å². The van der Waals surface area contributed by atoms with Gasteiger partial charge in [-0.05, 0) is 6.42 Å². The molecule has 0 saturated heterocycles. The minimum atomic E-state index is 0.136. The van der Waals surface area contributed by atoms with Gasteiger partial charge in [0.2, 0.25) is 0 Å². The molecule has 0 radical (unpaired) electrons. The van der Waals surface area contributed by atoms with E-state index in [2.05, 4.69) is 37.4 Å². The quantitative estimate of drug-likeness (QED) is 0.588. The zero-order chi connectivity index (χ0) is 7.61. The molecule has 0 atom stereocenters. The molecule has 0 aromatic heterocycles. The molecule has 0 bridgehead atoms. The van der Waals surface area contributed by atoms with E-state index in [0.717, 1.165) is 6.42 Å². The Hall–Kier alpha value is -0.790. The summed E-state index contributed by atoms with van der Waals surface area (Å²) in [6, 6.07) is 0. The van der Waals surface area contributed by atoms with E-state index in [1.54, 1.807) is 0 Å². The first-order valence-electron chi connectivity index (χ1n) is 3.66. The van der Waals surface area contributed by atoms with Gasteiger partial charge >= 0.3 is 0 Å². The molecule has 0 aromatic rings. The molecule has 56 valence electrons. The molecule has 1 aliphatic rings. The van der Waals surface area contributed by atoms with Crippen LogP contribution in [0.2, 0.25) is 0 Å². The maximum absolute atomic E-state index is 4.04. The summed E-state index contributed by atoms with van der Waals surface area (Å²) in [7, 11) is 0. The van der Waals surface area contributed by atoms with Gasteiger partial charge in [0.25, 0.3) is 0 Å². The van der Waals surface area contributed by atoms with Crippen LogP contribution in [0, 0.1) is 5.41 Å². The Balaban J connectivity index is 2.73. The fourth-order valence-electron chi connectivity index (χ4n) is 0.981. The minimum Gasteiger partial charge on any atom is -0.283 e. The summed E-state index contributed by atoms with van der Waals surface area (Å²) in [5.41, 5.74) is 4.31. The standard InChI is InChI=1S/C8H14N2/c1-4-7-5-8(2,3)6-9-10-7/h5-6,10H,4H2,1-3H3. The number of hydrazone groups is 1. The second-order valence-corrected chi connectivity index (χ2v) is 3.21. The molecular weight excluding hydrogens is 124 g/mol. The average Bonchev–Trinajstić information content (AvgIpc) is 1.86. The molecular formula is C8H14N2. The van der Waals surface area contributed by atoms with Gasteiger partial charge in [0.1, 0.15) is 0 Å². The normalized spacial score (nSPS) is 21.7. The topological polar surface area (TPSA) is 24.4 Å². The van der Waals surface area contributed by atoms with Crippen molar-refractivity contribution in [2.24, 2.45) is 10.5 Å². The third kappa shape index (κ3) is 1.59. The van der Waals surface area contributed by atoms with Gasteiger partial charge in [-0.25, -0.2) is 0 Å². The van der Waals surface area contributed by atoms with Gasteiger partial charge in [-0.2, -0.15) is 5.10 Å². The first-order chi connectivity index (χ1) is 4.64. The van der Waals surface area contributed by atoms with Crippen molar-refractivity contribution in [2.75, 3.05) is 0 Å². The van der Waals surface area contributed by atoms with Crippen LogP contribution in [0.3, 0.4) is 0 Å². The summed E-state index contributed by atoms with van der Waals surface area (Å²) in [6.45, 7) is 6.41. The minimum absolute atomic E-state index is 0.136. The van der Waals surface area contributed by atoms with Crippen molar-refractivity contribution in [1.82, 2.24) is 5.43 Å². The van der Waals surface area contributed by atoms with Crippen LogP contribution in [0.15, 0.2) is 16.9 Å². The first-order valence-corrected chi connectivity index (χ1v) is 3.66. The van der Waals surface area contributed by atoms with Crippen molar-refractivity contribution in [2.45, 2.75) is 27.2 Å². The fourth-order valence-corrected chi connectivity index (χ4v) is 0.981. The Bertz CT molecular complexity index is 178. The van der Waals surface area contributed by atoms with Gasteiger partial charge in [-0.3, -0.25) is 5.43 Å². The van der Waals surface area contributed by atoms with Crippen molar-refractivity contribution in [1.29, 1.82) is 0 Å². The van der Waals surface area contributed by atoms with Gasteiger partial charge < -0.3 is 0 Å². The number of hydrogen-bond donors (Lipinski definition) is 1. The van der Waals surface area contributed by atoms with Gasteiger partial charge in [-0.1, -0.05) is 26.8 Å². The van der Waals surface area contributed by atoms with E-state index in [1.165, 1.54) is 5.70 Å². The molecule has 1 N–H and O–H groups in total. The highest BCUT2D eigenvalue weighted by Crippen LogP contribution is 2.19. The largest absolute Gasteiger partial charge is 0.283 e. The van der Waals surface area contributed by atoms with Crippen LogP contribution in [0.25, 0.3) is 0 Å². The molecule has 1 aliphatic heterocycles. The van der Waals surface area contributed by atoms with E-state index in [-0.39, 0.29) is 5.41 Å². The van der Waals surface area contributed by atoms with E-state index >= 15 is 0 Å². The number of nitrogens with zero attached hydrogens (tertiary/aromatic N) is 1. The molecule has 0 unspecified atom stereocenters. The summed E-state index contributed by atoms with van der Waals surface area (Å²) < 4.78 is 0. The van der Waals surface area contributed by atoms with E-state index in [4.69, 9.17) is 0 Å². The van der Waals surface area contributed by atoms with Gasteiger partial charge in [-0.15, -0.1) is 0 Å². The van der Waals surface area contributed by atoms with E-state index in [1.807, 2.05) is 6.21 Å². The van der Waals surface area contributed by atoms with Crippen LogP contribution in [-0.2, 0) is 0 Å². The van der Waals surface area contributed by atoms with Crippen LogP contribution in [0.1, 0.15) is 27.2 Å². The molecule has 0 aliphatic carbocycles. The number of allylic oxidation sites excluding steroid dienone is 2. The Morgan fingerprint density at radius 1 is 1.60 bits per heavy atom. The van der Waals surface area contributed by atoms with Gasteiger partial charge in [0.15, 0.2) is 0 Å². The molecule has 0 spiro atoms. The molecule has 10 heavy (non-hydrogen) atoms. The number of hydrogen-bond acceptors (Lipinski definition) is 2. The summed E-state index contributed by atoms with van der Waals surface area (Å²) in [4.78, 5) is 0. The lowest BCUT2D eigenvalue weighted by atomic mass is 9.93. The van der Waals surface area contributed by atoms with Crippen LogP contribution in [0.5, 0.6) is 0 Å². The van der Waals surface area contributed by atoms with E-state index < -0.39 is 0 Å². The van der Waals surface area contributed by atoms with Crippen LogP contribution >= 0.6 is 0 Å². The monoisotopic (exact) mass is 138 g/mol. The maximum Gasteiger partial charge on any atom is 0.0341 e. The van der Waals surface area contributed by atoms with Crippen molar-refractivity contribution in [3.8, 4) is 0 Å². The predicted molar refractivity (Wildman–Crippen MR) is 43.8 cm³/mol. The Kier molecular flexibility index (Phi) is 1.79. The van der Waals surface area contributed by atoms with Crippen LogP contribution in [0.4, 0.5) is 0 Å². The molecule has 1 rings (SSSR count). The highest BCUT2D eigenvalue weighted by Gasteiger charge is 2.15. The smallest absolute Gasteiger partial charge is 0.0341 e. The summed E-state index contributed by atoms with van der Waals surface area (Å²) in [6.07, 6.45) is 5.16. The summed E-state index contributed by atoms with van der Waals surface area (Å²) in [5, 5.41) is 4.04. The second kappa shape index (κ2) is 2.45. The molecule has 0 fully saturated rings.